The van der Waals surface area contributed by atoms with E-state index in [9.17, 15) is 19.8 Å². The van der Waals surface area contributed by atoms with Gasteiger partial charge in [0.25, 0.3) is 0 Å². The van der Waals surface area contributed by atoms with Gasteiger partial charge in [-0.3, -0.25) is 9.59 Å². The van der Waals surface area contributed by atoms with Crippen molar-refractivity contribution in [3.05, 3.63) is 24.3 Å². The van der Waals surface area contributed by atoms with Crippen molar-refractivity contribution >= 4 is 11.9 Å². The van der Waals surface area contributed by atoms with Crippen LogP contribution in [0.2, 0.25) is 0 Å². The number of carbonyl (C=O) groups is 2. The molecule has 2 atom stereocenters. The summed E-state index contributed by atoms with van der Waals surface area (Å²) in [5.41, 5.74) is 0. The molecule has 0 bridgehead atoms. The van der Waals surface area contributed by atoms with E-state index >= 15 is 0 Å². The minimum Gasteiger partial charge on any atom is -0.466 e. The van der Waals surface area contributed by atoms with Crippen LogP contribution >= 0.6 is 0 Å². The Morgan fingerprint density at radius 1 is 0.409 bits per heavy atom. The van der Waals surface area contributed by atoms with E-state index in [1.807, 2.05) is 0 Å². The second-order valence-corrected chi connectivity index (χ2v) is 20.3. The molecular weight excluding hydrogens is 815 g/mol. The lowest BCUT2D eigenvalue weighted by atomic mass is 10.0. The average Bonchev–Trinajstić information content (AvgIpc) is 3.32. The van der Waals surface area contributed by atoms with E-state index in [1.54, 1.807) is 0 Å². The first-order chi connectivity index (χ1) is 32.5. The molecule has 0 rings (SSSR count). The monoisotopic (exact) mass is 930 g/mol. The molecule has 0 heterocycles. The first-order valence-corrected chi connectivity index (χ1v) is 29.6. The summed E-state index contributed by atoms with van der Waals surface area (Å²) in [6.45, 7) is 4.93. The van der Waals surface area contributed by atoms with Gasteiger partial charge in [0.1, 0.15) is 0 Å². The van der Waals surface area contributed by atoms with E-state index in [1.165, 1.54) is 244 Å². The van der Waals surface area contributed by atoms with Crippen molar-refractivity contribution < 1.29 is 24.5 Å². The van der Waals surface area contributed by atoms with Gasteiger partial charge in [-0.05, 0) is 77.0 Å². The largest absolute Gasteiger partial charge is 0.466 e. The summed E-state index contributed by atoms with van der Waals surface area (Å²) in [5, 5.41) is 23.1. The Bertz CT molecular complexity index is 1030. The molecule has 0 fully saturated rings. The summed E-state index contributed by atoms with van der Waals surface area (Å²) in [6.07, 6.45) is 67.6. The third-order valence-corrected chi connectivity index (χ3v) is 13.7. The second-order valence-electron chi connectivity index (χ2n) is 20.3. The number of hydrogen-bond acceptors (Lipinski definition) is 5. The summed E-state index contributed by atoms with van der Waals surface area (Å²) in [5.74, 6) is -0.0351. The Labute approximate surface area is 411 Å². The van der Waals surface area contributed by atoms with Crippen molar-refractivity contribution in [1.29, 1.82) is 0 Å². The molecule has 390 valence electrons. The summed E-state index contributed by atoms with van der Waals surface area (Å²) >= 11 is 0. The topological polar surface area (TPSA) is 95.9 Å². The standard InChI is InChI=1S/C60H115NO5/c1-3-5-7-9-11-13-14-15-16-24-28-31-34-38-42-46-50-54-60(65)66-55-51-47-43-39-35-32-29-26-23-21-19-17-18-20-22-25-27-30-33-37-41-45-49-53-59(64)61-57(56-62)58(63)52-48-44-40-36-12-10-8-6-4-2/h15-16,20,22,57-58,62-63H,3-14,17-19,21,23-56H2,1-2H3,(H,61,64)/b16-15-,22-20-. The van der Waals surface area contributed by atoms with Crippen LogP contribution in [0.5, 0.6) is 0 Å². The zero-order valence-corrected chi connectivity index (χ0v) is 44.4. The molecule has 0 aliphatic rings. The lowest BCUT2D eigenvalue weighted by Crippen LogP contribution is -2.45. The Kier molecular flexibility index (Phi) is 54.5. The Balaban J connectivity index is 3.37. The molecule has 0 saturated heterocycles. The Hall–Kier alpha value is -1.66. The maximum absolute atomic E-state index is 12.4. The van der Waals surface area contributed by atoms with E-state index in [4.69, 9.17) is 4.74 Å². The number of carbonyl (C=O) groups excluding carboxylic acids is 2. The van der Waals surface area contributed by atoms with Gasteiger partial charge in [-0.15, -0.1) is 0 Å². The summed E-state index contributed by atoms with van der Waals surface area (Å²) in [6, 6.07) is -0.543. The molecule has 0 saturated carbocycles. The molecule has 66 heavy (non-hydrogen) atoms. The SMILES string of the molecule is CCCCCCCC/C=C\CCCCCCCCCC(=O)OCCCCCCCCCCCCCC/C=C\CCCCCCCCCC(=O)NC(CO)C(O)CCCCCCCCCCC. The number of aliphatic hydroxyl groups excluding tert-OH is 2. The summed E-state index contributed by atoms with van der Waals surface area (Å²) < 4.78 is 5.49. The molecule has 6 nitrogen and oxygen atoms in total. The second kappa shape index (κ2) is 55.9. The molecule has 2 unspecified atom stereocenters. The minimum atomic E-state index is -0.665. The predicted octanol–water partition coefficient (Wildman–Crippen LogP) is 18.2. The Morgan fingerprint density at radius 2 is 0.712 bits per heavy atom. The third-order valence-electron chi connectivity index (χ3n) is 13.7. The first-order valence-electron chi connectivity index (χ1n) is 29.6. The van der Waals surface area contributed by atoms with E-state index in [2.05, 4.69) is 43.5 Å². The number of amides is 1. The number of allylic oxidation sites excluding steroid dienone is 4. The van der Waals surface area contributed by atoms with Gasteiger partial charge in [-0.2, -0.15) is 0 Å². The van der Waals surface area contributed by atoms with Crippen molar-refractivity contribution in [3.63, 3.8) is 0 Å². The lowest BCUT2D eigenvalue weighted by molar-refractivity contribution is -0.143. The number of nitrogens with one attached hydrogen (secondary N) is 1. The van der Waals surface area contributed by atoms with Gasteiger partial charge < -0.3 is 20.3 Å². The molecule has 0 aliphatic carbocycles. The first kappa shape index (κ1) is 64.3. The molecule has 0 spiro atoms. The van der Waals surface area contributed by atoms with E-state index in [0.29, 0.717) is 25.9 Å². The van der Waals surface area contributed by atoms with E-state index in [0.717, 1.165) is 44.9 Å². The highest BCUT2D eigenvalue weighted by Gasteiger charge is 2.20. The van der Waals surface area contributed by atoms with Crippen LogP contribution in [0.1, 0.15) is 322 Å². The number of ether oxygens (including phenoxy) is 1. The van der Waals surface area contributed by atoms with Crippen molar-refractivity contribution in [2.24, 2.45) is 0 Å². The van der Waals surface area contributed by atoms with Crippen LogP contribution in [0.15, 0.2) is 24.3 Å². The zero-order valence-electron chi connectivity index (χ0n) is 44.4. The van der Waals surface area contributed by atoms with Gasteiger partial charge in [0.05, 0.1) is 25.4 Å². The van der Waals surface area contributed by atoms with Gasteiger partial charge >= 0.3 is 5.97 Å². The van der Waals surface area contributed by atoms with Gasteiger partial charge in [-0.25, -0.2) is 0 Å². The highest BCUT2D eigenvalue weighted by molar-refractivity contribution is 5.76. The molecule has 1 amide bonds. The fraction of sp³-hybridized carbons (Fsp3) is 0.900. The van der Waals surface area contributed by atoms with Gasteiger partial charge in [0, 0.05) is 12.8 Å². The third kappa shape index (κ3) is 51.7. The lowest BCUT2D eigenvalue weighted by Gasteiger charge is -2.22. The molecule has 3 N–H and O–H groups in total. The van der Waals surface area contributed by atoms with Crippen molar-refractivity contribution in [2.45, 2.75) is 334 Å². The van der Waals surface area contributed by atoms with Crippen LogP contribution in [-0.2, 0) is 14.3 Å². The molecule has 0 radical (unpaired) electrons. The molecular formula is C60H115NO5. The van der Waals surface area contributed by atoms with Crippen LogP contribution < -0.4 is 5.32 Å². The van der Waals surface area contributed by atoms with E-state index < -0.39 is 12.1 Å². The molecule has 6 heteroatoms. The minimum absolute atomic E-state index is 0.00818. The average molecular weight is 931 g/mol. The van der Waals surface area contributed by atoms with Crippen LogP contribution in [0, 0.1) is 0 Å². The normalized spacial score (nSPS) is 12.7. The summed E-state index contributed by atoms with van der Waals surface area (Å²) in [7, 11) is 0. The molecule has 0 aromatic rings. The van der Waals surface area contributed by atoms with Crippen LogP contribution in [0.4, 0.5) is 0 Å². The molecule has 0 aromatic carbocycles. The molecule has 0 aromatic heterocycles. The maximum atomic E-state index is 12.4. The van der Waals surface area contributed by atoms with Crippen molar-refractivity contribution in [3.8, 4) is 0 Å². The number of hydrogen-bond donors (Lipinski definition) is 3. The Morgan fingerprint density at radius 3 is 1.08 bits per heavy atom. The molecule has 0 aliphatic heterocycles. The van der Waals surface area contributed by atoms with Crippen LogP contribution in [0.3, 0.4) is 0 Å². The number of esters is 1. The van der Waals surface area contributed by atoms with Crippen molar-refractivity contribution in [1.82, 2.24) is 5.32 Å². The maximum Gasteiger partial charge on any atom is 0.305 e. The number of rotatable bonds is 55. The van der Waals surface area contributed by atoms with Crippen LogP contribution in [-0.4, -0.2) is 47.4 Å². The van der Waals surface area contributed by atoms with Gasteiger partial charge in [0.2, 0.25) is 5.91 Å². The quantitative estimate of drug-likeness (QED) is 0.0321. The summed E-state index contributed by atoms with van der Waals surface area (Å²) in [4.78, 5) is 24.5. The van der Waals surface area contributed by atoms with Gasteiger partial charge in [-0.1, -0.05) is 256 Å². The predicted molar refractivity (Wildman–Crippen MR) is 287 cm³/mol. The highest BCUT2D eigenvalue weighted by Crippen LogP contribution is 2.17. The van der Waals surface area contributed by atoms with E-state index in [-0.39, 0.29) is 18.5 Å². The van der Waals surface area contributed by atoms with Crippen LogP contribution in [0.25, 0.3) is 0 Å². The van der Waals surface area contributed by atoms with Crippen molar-refractivity contribution in [2.75, 3.05) is 13.2 Å². The number of unbranched alkanes of at least 4 members (excludes halogenated alkanes) is 40. The number of aliphatic hydroxyl groups is 2. The van der Waals surface area contributed by atoms with Gasteiger partial charge in [0.15, 0.2) is 0 Å². The fourth-order valence-electron chi connectivity index (χ4n) is 9.16. The fourth-order valence-corrected chi connectivity index (χ4v) is 9.16. The highest BCUT2D eigenvalue weighted by atomic mass is 16.5. The zero-order chi connectivity index (χ0) is 47.9. The smallest absolute Gasteiger partial charge is 0.305 e.